The van der Waals surface area contributed by atoms with Crippen molar-refractivity contribution in [2.75, 3.05) is 42.4 Å². The molecule has 8 nitrogen and oxygen atoms in total. The van der Waals surface area contributed by atoms with Crippen LogP contribution in [0.25, 0.3) is 10.9 Å². The van der Waals surface area contributed by atoms with Crippen LogP contribution in [0.5, 0.6) is 5.75 Å². The number of benzene rings is 2. The first kappa shape index (κ1) is 24.3. The van der Waals surface area contributed by atoms with Gasteiger partial charge in [0.1, 0.15) is 36.4 Å². The Morgan fingerprint density at radius 1 is 1.29 bits per heavy atom. The number of alkyl halides is 1. The normalized spacial score (nSPS) is 16.0. The lowest BCUT2D eigenvalue weighted by Gasteiger charge is -2.23. The molecule has 1 aliphatic rings. The van der Waals surface area contributed by atoms with Gasteiger partial charge < -0.3 is 24.8 Å². The second-order valence-electron chi connectivity index (χ2n) is 7.27. The number of amides is 1. The lowest BCUT2D eigenvalue weighted by atomic mass is 10.1. The third-order valence-electron chi connectivity index (χ3n) is 4.84. The van der Waals surface area contributed by atoms with Gasteiger partial charge in [-0.3, -0.25) is 4.79 Å². The molecule has 3 aromatic rings. The van der Waals surface area contributed by atoms with Crippen molar-refractivity contribution in [1.82, 2.24) is 9.97 Å². The van der Waals surface area contributed by atoms with Crippen molar-refractivity contribution >= 4 is 61.5 Å². The highest BCUT2D eigenvalue weighted by molar-refractivity contribution is 9.09. The van der Waals surface area contributed by atoms with Gasteiger partial charge in [0.2, 0.25) is 5.91 Å². The fourth-order valence-electron chi connectivity index (χ4n) is 3.25. The standard InChI is InChI=1S/C23H21BrClFN4O4/c24-5-1-2-22(31)30-20-9-16-19(10-21(20)34-12-15-11-32-6-7-33-15)27-13-28-23(16)29-14-3-4-18(26)17(25)8-14/h1-4,8-10,13,15H,5-7,11-12H2,(H,30,31)(H,27,28,29)/b2-1+/t15-/m1/s1. The Balaban J connectivity index is 1.66. The number of carbonyl (C=O) groups excluding carboxylic acids is 1. The number of hydrogen-bond acceptors (Lipinski definition) is 7. The second-order valence-corrected chi connectivity index (χ2v) is 8.32. The molecule has 1 saturated heterocycles. The summed E-state index contributed by atoms with van der Waals surface area (Å²) in [5.41, 5.74) is 1.56. The van der Waals surface area contributed by atoms with E-state index in [0.29, 0.717) is 59.0 Å². The van der Waals surface area contributed by atoms with Gasteiger partial charge in [-0.05, 0) is 24.3 Å². The number of anilines is 3. The number of ether oxygens (including phenoxy) is 3. The van der Waals surface area contributed by atoms with E-state index in [2.05, 4.69) is 36.5 Å². The fourth-order valence-corrected chi connectivity index (χ4v) is 3.62. The number of fused-ring (bicyclic) bond motifs is 1. The third-order valence-corrected chi connectivity index (χ3v) is 5.51. The van der Waals surface area contributed by atoms with Crippen LogP contribution >= 0.6 is 27.5 Å². The summed E-state index contributed by atoms with van der Waals surface area (Å²) in [5.74, 6) is 0.0412. The molecule has 34 heavy (non-hydrogen) atoms. The van der Waals surface area contributed by atoms with Crippen LogP contribution in [0.2, 0.25) is 5.02 Å². The average molecular weight is 552 g/mol. The smallest absolute Gasteiger partial charge is 0.248 e. The van der Waals surface area contributed by atoms with Gasteiger partial charge in [-0.1, -0.05) is 33.6 Å². The zero-order valence-corrected chi connectivity index (χ0v) is 20.2. The Bertz CT molecular complexity index is 1210. The molecule has 0 saturated carbocycles. The maximum absolute atomic E-state index is 13.5. The van der Waals surface area contributed by atoms with E-state index < -0.39 is 5.82 Å². The zero-order chi connectivity index (χ0) is 23.9. The average Bonchev–Trinajstić information content (AvgIpc) is 2.84. The molecule has 2 aromatic carbocycles. The minimum atomic E-state index is -0.518. The molecule has 1 aromatic heterocycles. The molecule has 4 rings (SSSR count). The van der Waals surface area contributed by atoms with Crippen molar-refractivity contribution in [2.45, 2.75) is 6.10 Å². The number of aromatic nitrogens is 2. The highest BCUT2D eigenvalue weighted by atomic mass is 79.9. The number of allylic oxidation sites excluding steroid dienone is 1. The summed E-state index contributed by atoms with van der Waals surface area (Å²) in [4.78, 5) is 21.0. The number of halogens is 3. The largest absolute Gasteiger partial charge is 0.489 e. The topological polar surface area (TPSA) is 94.6 Å². The maximum Gasteiger partial charge on any atom is 0.248 e. The Morgan fingerprint density at radius 2 is 2.18 bits per heavy atom. The second kappa shape index (κ2) is 11.6. The first-order chi connectivity index (χ1) is 16.5. The van der Waals surface area contributed by atoms with Gasteiger partial charge in [0.05, 0.1) is 36.0 Å². The summed E-state index contributed by atoms with van der Waals surface area (Å²) in [7, 11) is 0. The Labute approximate surface area is 208 Å². The fraction of sp³-hybridized carbons (Fsp3) is 0.261. The predicted molar refractivity (Wildman–Crippen MR) is 132 cm³/mol. The van der Waals surface area contributed by atoms with Gasteiger partial charge in [0, 0.05) is 28.5 Å². The molecule has 0 bridgehead atoms. The van der Waals surface area contributed by atoms with Gasteiger partial charge >= 0.3 is 0 Å². The molecular weight excluding hydrogens is 531 g/mol. The molecule has 1 atom stereocenters. The summed E-state index contributed by atoms with van der Waals surface area (Å²) < 4.78 is 30.6. The summed E-state index contributed by atoms with van der Waals surface area (Å²) in [5, 5.41) is 7.10. The Morgan fingerprint density at radius 3 is 2.94 bits per heavy atom. The van der Waals surface area contributed by atoms with Gasteiger partial charge in [-0.2, -0.15) is 0 Å². The molecule has 2 heterocycles. The van der Waals surface area contributed by atoms with E-state index in [1.165, 1.54) is 24.5 Å². The number of nitrogens with zero attached hydrogens (tertiary/aromatic N) is 2. The van der Waals surface area contributed by atoms with Crippen LogP contribution in [-0.2, 0) is 14.3 Å². The van der Waals surface area contributed by atoms with Crippen molar-refractivity contribution < 1.29 is 23.4 Å². The molecule has 1 aliphatic heterocycles. The Hall–Kier alpha value is -2.79. The molecule has 0 aliphatic carbocycles. The van der Waals surface area contributed by atoms with E-state index in [-0.39, 0.29) is 23.6 Å². The molecular formula is C23H21BrClFN4O4. The lowest BCUT2D eigenvalue weighted by Crippen LogP contribution is -2.33. The first-order valence-corrected chi connectivity index (χ1v) is 11.9. The van der Waals surface area contributed by atoms with Crippen LogP contribution in [0.1, 0.15) is 0 Å². The monoisotopic (exact) mass is 550 g/mol. The van der Waals surface area contributed by atoms with Crippen molar-refractivity contribution in [3.05, 3.63) is 59.7 Å². The van der Waals surface area contributed by atoms with E-state index in [9.17, 15) is 9.18 Å². The van der Waals surface area contributed by atoms with E-state index in [1.54, 1.807) is 24.3 Å². The summed E-state index contributed by atoms with van der Waals surface area (Å²) in [6, 6.07) is 7.71. The number of hydrogen-bond donors (Lipinski definition) is 2. The molecule has 0 unspecified atom stereocenters. The van der Waals surface area contributed by atoms with Crippen LogP contribution in [0.3, 0.4) is 0 Å². The summed E-state index contributed by atoms with van der Waals surface area (Å²) in [6.45, 7) is 1.73. The van der Waals surface area contributed by atoms with Gasteiger partial charge in [0.25, 0.3) is 0 Å². The number of carbonyl (C=O) groups is 1. The minimum Gasteiger partial charge on any atom is -0.489 e. The first-order valence-electron chi connectivity index (χ1n) is 10.4. The van der Waals surface area contributed by atoms with E-state index in [1.807, 2.05) is 0 Å². The predicted octanol–water partition coefficient (Wildman–Crippen LogP) is 4.85. The lowest BCUT2D eigenvalue weighted by molar-refractivity contribution is -0.112. The highest BCUT2D eigenvalue weighted by Crippen LogP contribution is 2.34. The Kier molecular flexibility index (Phi) is 8.28. The van der Waals surface area contributed by atoms with E-state index >= 15 is 0 Å². The number of nitrogens with one attached hydrogen (secondary N) is 2. The molecule has 11 heteroatoms. The van der Waals surface area contributed by atoms with Crippen molar-refractivity contribution in [3.8, 4) is 5.75 Å². The zero-order valence-electron chi connectivity index (χ0n) is 17.9. The molecule has 0 spiro atoms. The van der Waals surface area contributed by atoms with Gasteiger partial charge in [-0.25, -0.2) is 14.4 Å². The minimum absolute atomic E-state index is 0.0144. The summed E-state index contributed by atoms with van der Waals surface area (Å²) >= 11 is 9.16. The van der Waals surface area contributed by atoms with Crippen molar-refractivity contribution in [2.24, 2.45) is 0 Å². The molecule has 178 valence electrons. The molecule has 0 radical (unpaired) electrons. The number of rotatable bonds is 8. The molecule has 2 N–H and O–H groups in total. The van der Waals surface area contributed by atoms with Crippen LogP contribution in [0, 0.1) is 5.82 Å². The molecule has 1 fully saturated rings. The van der Waals surface area contributed by atoms with Crippen molar-refractivity contribution in [1.29, 1.82) is 0 Å². The van der Waals surface area contributed by atoms with Crippen LogP contribution in [0.15, 0.2) is 48.8 Å². The third kappa shape index (κ3) is 6.20. The molecule has 1 amide bonds. The van der Waals surface area contributed by atoms with Crippen LogP contribution in [-0.4, -0.2) is 53.7 Å². The van der Waals surface area contributed by atoms with Crippen LogP contribution < -0.4 is 15.4 Å². The van der Waals surface area contributed by atoms with Crippen LogP contribution in [0.4, 0.5) is 21.6 Å². The SMILES string of the molecule is O=C(/C=C/CBr)Nc1cc2c(Nc3ccc(F)c(Cl)c3)ncnc2cc1OC[C@H]1COCCO1. The van der Waals surface area contributed by atoms with Crippen molar-refractivity contribution in [3.63, 3.8) is 0 Å². The van der Waals surface area contributed by atoms with Gasteiger partial charge in [-0.15, -0.1) is 0 Å². The highest BCUT2D eigenvalue weighted by Gasteiger charge is 2.18. The quantitative estimate of drug-likeness (QED) is 0.305. The summed E-state index contributed by atoms with van der Waals surface area (Å²) in [6.07, 6.45) is 4.28. The van der Waals surface area contributed by atoms with Gasteiger partial charge in [0.15, 0.2) is 0 Å². The maximum atomic E-state index is 13.5. The van der Waals surface area contributed by atoms with E-state index in [0.717, 1.165) is 0 Å². The van der Waals surface area contributed by atoms with E-state index in [4.69, 9.17) is 25.8 Å².